The number of nitrogens with one attached hydrogen (secondary N) is 2. The Morgan fingerprint density at radius 2 is 1.97 bits per heavy atom. The minimum absolute atomic E-state index is 0.0737. The van der Waals surface area contributed by atoms with Gasteiger partial charge >= 0.3 is 11.9 Å². The molecule has 2 amide bonds. The predicted octanol–water partition coefficient (Wildman–Crippen LogP) is 0.0728. The van der Waals surface area contributed by atoms with Gasteiger partial charge in [0.2, 0.25) is 11.8 Å². The molecule has 1 aromatic heterocycles. The van der Waals surface area contributed by atoms with Crippen molar-refractivity contribution in [2.24, 2.45) is 5.73 Å². The third kappa shape index (κ3) is 4.60. The number of fused-ring (bicyclic) bond motifs is 1. The van der Waals surface area contributed by atoms with Crippen molar-refractivity contribution in [3.63, 3.8) is 0 Å². The summed E-state index contributed by atoms with van der Waals surface area (Å²) in [5.74, 6) is -3.61. The molecule has 30 heavy (non-hydrogen) atoms. The summed E-state index contributed by atoms with van der Waals surface area (Å²) in [6.07, 6.45) is 2.15. The summed E-state index contributed by atoms with van der Waals surface area (Å²) in [5.41, 5.74) is 7.27. The number of aliphatic carboxylic acids is 2. The molecular formula is C20H24N4O6. The fourth-order valence-corrected chi connectivity index (χ4v) is 3.78. The molecule has 1 aromatic carbocycles. The van der Waals surface area contributed by atoms with Gasteiger partial charge in [-0.3, -0.25) is 14.4 Å². The molecule has 0 radical (unpaired) electrons. The van der Waals surface area contributed by atoms with Gasteiger partial charge in [-0.1, -0.05) is 18.2 Å². The van der Waals surface area contributed by atoms with E-state index in [4.69, 9.17) is 10.8 Å². The van der Waals surface area contributed by atoms with E-state index in [1.165, 1.54) is 4.90 Å². The number of para-hydroxylation sites is 1. The first kappa shape index (κ1) is 21.3. The smallest absolute Gasteiger partial charge is 0.326 e. The number of likely N-dealkylation sites (tertiary alicyclic amines) is 1. The summed E-state index contributed by atoms with van der Waals surface area (Å²) >= 11 is 0. The number of carboxylic acids is 2. The van der Waals surface area contributed by atoms with Gasteiger partial charge in [0.1, 0.15) is 12.1 Å². The zero-order valence-electron chi connectivity index (χ0n) is 16.2. The Hall–Kier alpha value is -3.40. The molecule has 3 unspecified atom stereocenters. The van der Waals surface area contributed by atoms with Crippen LogP contribution in [0.1, 0.15) is 24.8 Å². The molecule has 1 fully saturated rings. The van der Waals surface area contributed by atoms with Crippen LogP contribution < -0.4 is 11.1 Å². The minimum atomic E-state index is -1.25. The van der Waals surface area contributed by atoms with Crippen LogP contribution in [-0.4, -0.2) is 68.5 Å². The number of aromatic amines is 1. The van der Waals surface area contributed by atoms with E-state index in [1.54, 1.807) is 6.20 Å². The Morgan fingerprint density at radius 1 is 1.23 bits per heavy atom. The zero-order chi connectivity index (χ0) is 21.8. The summed E-state index contributed by atoms with van der Waals surface area (Å²) in [6, 6.07) is 4.14. The van der Waals surface area contributed by atoms with Crippen LogP contribution in [0.5, 0.6) is 0 Å². The van der Waals surface area contributed by atoms with Gasteiger partial charge in [-0.05, 0) is 24.5 Å². The Balaban J connectivity index is 1.70. The highest BCUT2D eigenvalue weighted by Gasteiger charge is 2.38. The molecule has 160 valence electrons. The number of hydrogen-bond donors (Lipinski definition) is 5. The summed E-state index contributed by atoms with van der Waals surface area (Å²) in [6.45, 7) is 0.268. The third-order valence-corrected chi connectivity index (χ3v) is 5.26. The van der Waals surface area contributed by atoms with Crippen LogP contribution in [0.2, 0.25) is 0 Å². The van der Waals surface area contributed by atoms with E-state index in [2.05, 4.69) is 10.3 Å². The second-order valence-corrected chi connectivity index (χ2v) is 7.36. The number of carbonyl (C=O) groups excluding carboxylic acids is 2. The number of nitrogens with zero attached hydrogens (tertiary/aromatic N) is 1. The van der Waals surface area contributed by atoms with Crippen molar-refractivity contribution in [3.05, 3.63) is 36.0 Å². The highest BCUT2D eigenvalue weighted by atomic mass is 16.4. The molecule has 2 aromatic rings. The van der Waals surface area contributed by atoms with Crippen molar-refractivity contribution in [2.75, 3.05) is 6.54 Å². The van der Waals surface area contributed by atoms with Gasteiger partial charge in [0, 0.05) is 30.1 Å². The number of amides is 2. The SMILES string of the molecule is NC(CC(=O)O)C(=O)N1CCCC1C(=O)NC(Cc1c[nH]c2ccccc12)C(=O)O. The maximum atomic E-state index is 12.8. The molecule has 3 atom stereocenters. The Kier molecular flexibility index (Phi) is 6.36. The molecule has 0 aliphatic carbocycles. The van der Waals surface area contributed by atoms with Crippen molar-refractivity contribution in [1.82, 2.24) is 15.2 Å². The van der Waals surface area contributed by atoms with Crippen LogP contribution in [-0.2, 0) is 25.6 Å². The fraction of sp³-hybridized carbons (Fsp3) is 0.400. The van der Waals surface area contributed by atoms with E-state index in [0.29, 0.717) is 12.8 Å². The van der Waals surface area contributed by atoms with E-state index >= 15 is 0 Å². The maximum absolute atomic E-state index is 12.8. The summed E-state index contributed by atoms with van der Waals surface area (Å²) in [4.78, 5) is 52.1. The van der Waals surface area contributed by atoms with Gasteiger partial charge in [-0.25, -0.2) is 4.79 Å². The molecule has 0 bridgehead atoms. The van der Waals surface area contributed by atoms with Crippen LogP contribution in [0.3, 0.4) is 0 Å². The zero-order valence-corrected chi connectivity index (χ0v) is 16.2. The average molecular weight is 416 g/mol. The number of carboxylic acid groups (broad SMARTS) is 2. The second kappa shape index (κ2) is 8.95. The van der Waals surface area contributed by atoms with Crippen LogP contribution >= 0.6 is 0 Å². The van der Waals surface area contributed by atoms with Crippen molar-refractivity contribution >= 4 is 34.7 Å². The third-order valence-electron chi connectivity index (χ3n) is 5.26. The van der Waals surface area contributed by atoms with E-state index in [9.17, 15) is 24.3 Å². The number of nitrogens with two attached hydrogens (primary N) is 1. The first-order valence-corrected chi connectivity index (χ1v) is 9.64. The monoisotopic (exact) mass is 416 g/mol. The highest BCUT2D eigenvalue weighted by Crippen LogP contribution is 2.21. The minimum Gasteiger partial charge on any atom is -0.481 e. The first-order chi connectivity index (χ1) is 14.3. The lowest BCUT2D eigenvalue weighted by molar-refractivity contribution is -0.145. The molecule has 10 heteroatoms. The topological polar surface area (TPSA) is 166 Å². The fourth-order valence-electron chi connectivity index (χ4n) is 3.78. The maximum Gasteiger partial charge on any atom is 0.326 e. The summed E-state index contributed by atoms with van der Waals surface area (Å²) < 4.78 is 0. The average Bonchev–Trinajstić information content (AvgIpc) is 3.33. The molecule has 3 rings (SSSR count). The van der Waals surface area contributed by atoms with Gasteiger partial charge in [0.05, 0.1) is 12.5 Å². The standard InChI is InChI=1S/C20H24N4O6/c21-13(9-17(25)26)19(28)24-7-3-6-16(24)18(27)23-15(20(29)30)8-11-10-22-14-5-2-1-4-12(11)14/h1-2,4-5,10,13,15-16,22H,3,6-9,21H2,(H,23,27)(H,25,26)(H,29,30). The lowest BCUT2D eigenvalue weighted by Crippen LogP contribution is -2.54. The molecule has 10 nitrogen and oxygen atoms in total. The number of aromatic nitrogens is 1. The van der Waals surface area contributed by atoms with Gasteiger partial charge in [0.25, 0.3) is 0 Å². The van der Waals surface area contributed by atoms with Crippen LogP contribution in [0, 0.1) is 0 Å². The first-order valence-electron chi connectivity index (χ1n) is 9.64. The van der Waals surface area contributed by atoms with Gasteiger partial charge < -0.3 is 31.1 Å². The molecule has 1 saturated heterocycles. The van der Waals surface area contributed by atoms with Crippen LogP contribution in [0.4, 0.5) is 0 Å². The van der Waals surface area contributed by atoms with E-state index < -0.39 is 48.3 Å². The van der Waals surface area contributed by atoms with Crippen LogP contribution in [0.25, 0.3) is 10.9 Å². The highest BCUT2D eigenvalue weighted by molar-refractivity contribution is 5.93. The summed E-state index contributed by atoms with van der Waals surface area (Å²) in [5, 5.41) is 21.8. The number of rotatable bonds is 8. The molecule has 0 spiro atoms. The Morgan fingerprint density at radius 3 is 2.67 bits per heavy atom. The van der Waals surface area contributed by atoms with Gasteiger partial charge in [0.15, 0.2) is 0 Å². The van der Waals surface area contributed by atoms with E-state index in [1.807, 2.05) is 24.3 Å². The number of carbonyl (C=O) groups is 4. The number of benzene rings is 1. The van der Waals surface area contributed by atoms with Gasteiger partial charge in [-0.2, -0.15) is 0 Å². The van der Waals surface area contributed by atoms with E-state index in [-0.39, 0.29) is 13.0 Å². The Bertz CT molecular complexity index is 971. The van der Waals surface area contributed by atoms with Crippen molar-refractivity contribution in [2.45, 2.75) is 43.8 Å². The lowest BCUT2D eigenvalue weighted by atomic mass is 10.0. The normalized spacial score (nSPS) is 18.2. The van der Waals surface area contributed by atoms with Crippen molar-refractivity contribution in [3.8, 4) is 0 Å². The molecule has 0 saturated carbocycles. The lowest BCUT2D eigenvalue weighted by Gasteiger charge is -2.27. The number of hydrogen-bond acceptors (Lipinski definition) is 5. The predicted molar refractivity (Wildman–Crippen MR) is 107 cm³/mol. The Labute approximate surface area is 172 Å². The molecule has 1 aliphatic heterocycles. The quantitative estimate of drug-likeness (QED) is 0.406. The molecule has 6 N–H and O–H groups in total. The largest absolute Gasteiger partial charge is 0.481 e. The van der Waals surface area contributed by atoms with E-state index in [0.717, 1.165) is 16.5 Å². The number of H-pyrrole nitrogens is 1. The van der Waals surface area contributed by atoms with Crippen molar-refractivity contribution in [1.29, 1.82) is 0 Å². The van der Waals surface area contributed by atoms with Crippen molar-refractivity contribution < 1.29 is 29.4 Å². The van der Waals surface area contributed by atoms with Gasteiger partial charge in [-0.15, -0.1) is 0 Å². The molecule has 1 aliphatic rings. The summed E-state index contributed by atoms with van der Waals surface area (Å²) in [7, 11) is 0. The molecular weight excluding hydrogens is 392 g/mol. The molecule has 2 heterocycles. The second-order valence-electron chi connectivity index (χ2n) is 7.36. The van der Waals surface area contributed by atoms with Crippen LogP contribution in [0.15, 0.2) is 30.5 Å².